The topological polar surface area (TPSA) is 65.8 Å². The summed E-state index contributed by atoms with van der Waals surface area (Å²) in [7, 11) is 0. The summed E-state index contributed by atoms with van der Waals surface area (Å²) < 4.78 is 43.1. The van der Waals surface area contributed by atoms with Gasteiger partial charge in [-0.15, -0.1) is 11.8 Å². The Labute approximate surface area is 219 Å². The highest BCUT2D eigenvalue weighted by Crippen LogP contribution is 2.45. The molecule has 2 aliphatic rings. The van der Waals surface area contributed by atoms with E-state index in [0.29, 0.717) is 10.7 Å². The monoisotopic (exact) mass is 537 g/mol. The molecule has 1 N–H and O–H groups in total. The van der Waals surface area contributed by atoms with Crippen LogP contribution in [-0.4, -0.2) is 39.5 Å². The Hall–Kier alpha value is -3.92. The van der Waals surface area contributed by atoms with Crippen molar-refractivity contribution in [2.24, 2.45) is 0 Å². The smallest absolute Gasteiger partial charge is 0.408 e. The summed E-state index contributed by atoms with van der Waals surface area (Å²) >= 11 is 1.63. The SMILES string of the molecule is C[C@@H](N1CN([C@@H]2c3ccccc3SCc3ccc4ccccc4c32)n2ccc(=O)c(O)c2C1=O)C(F)(F)F. The molecule has 0 bridgehead atoms. The molecular weight excluding hydrogens is 515 g/mol. The van der Waals surface area contributed by atoms with Gasteiger partial charge in [0.2, 0.25) is 5.43 Å². The van der Waals surface area contributed by atoms with Crippen molar-refractivity contribution in [2.75, 3.05) is 11.7 Å². The number of alkyl halides is 3. The van der Waals surface area contributed by atoms with Gasteiger partial charge < -0.3 is 10.0 Å². The quantitative estimate of drug-likeness (QED) is 0.371. The number of amides is 1. The van der Waals surface area contributed by atoms with E-state index >= 15 is 0 Å². The molecule has 2 aliphatic heterocycles. The zero-order valence-electron chi connectivity index (χ0n) is 20.1. The van der Waals surface area contributed by atoms with Crippen molar-refractivity contribution in [3.8, 4) is 5.75 Å². The number of benzene rings is 3. The fraction of sp³-hybridized carbons (Fsp3) is 0.214. The molecule has 1 amide bonds. The summed E-state index contributed by atoms with van der Waals surface area (Å²) in [5, 5.41) is 14.2. The lowest BCUT2D eigenvalue weighted by atomic mass is 9.89. The van der Waals surface area contributed by atoms with Crippen molar-refractivity contribution in [1.29, 1.82) is 0 Å². The second kappa shape index (κ2) is 8.83. The van der Waals surface area contributed by atoms with Gasteiger partial charge in [0.25, 0.3) is 5.91 Å². The van der Waals surface area contributed by atoms with Crippen LogP contribution in [0.2, 0.25) is 0 Å². The van der Waals surface area contributed by atoms with Crippen molar-refractivity contribution >= 4 is 28.4 Å². The maximum atomic E-state index is 13.9. The van der Waals surface area contributed by atoms with Gasteiger partial charge in [-0.2, -0.15) is 13.2 Å². The zero-order valence-corrected chi connectivity index (χ0v) is 21.0. The maximum absolute atomic E-state index is 13.9. The summed E-state index contributed by atoms with van der Waals surface area (Å²) in [5.74, 6) is -1.29. The Kier molecular flexibility index (Phi) is 5.68. The molecular formula is C28H22F3N3O3S. The molecule has 0 aliphatic carbocycles. The van der Waals surface area contributed by atoms with E-state index in [4.69, 9.17) is 0 Å². The van der Waals surface area contributed by atoms with Gasteiger partial charge in [0.1, 0.15) is 12.7 Å². The van der Waals surface area contributed by atoms with Gasteiger partial charge in [0.15, 0.2) is 11.4 Å². The minimum absolute atomic E-state index is 0.416. The van der Waals surface area contributed by atoms with Gasteiger partial charge in [-0.1, -0.05) is 54.6 Å². The third-order valence-electron chi connectivity index (χ3n) is 7.26. The van der Waals surface area contributed by atoms with Crippen molar-refractivity contribution in [3.63, 3.8) is 0 Å². The molecule has 194 valence electrons. The molecule has 1 aromatic heterocycles. The van der Waals surface area contributed by atoms with Crippen LogP contribution in [0.15, 0.2) is 82.6 Å². The Balaban J connectivity index is 1.67. The lowest BCUT2D eigenvalue weighted by Gasteiger charge is -2.46. The molecule has 0 fully saturated rings. The van der Waals surface area contributed by atoms with Crippen molar-refractivity contribution in [3.05, 3.63) is 106 Å². The van der Waals surface area contributed by atoms with Crippen molar-refractivity contribution in [2.45, 2.75) is 35.8 Å². The van der Waals surface area contributed by atoms with Gasteiger partial charge in [-0.25, -0.2) is 0 Å². The number of aromatic hydroxyl groups is 1. The van der Waals surface area contributed by atoms with Crippen LogP contribution in [-0.2, 0) is 5.75 Å². The van der Waals surface area contributed by atoms with Crippen LogP contribution in [0.4, 0.5) is 13.2 Å². The fourth-order valence-electron chi connectivity index (χ4n) is 5.28. The first-order valence-corrected chi connectivity index (χ1v) is 13.0. The van der Waals surface area contributed by atoms with Gasteiger partial charge in [0.05, 0.1) is 6.04 Å². The number of carbonyl (C=O) groups is 1. The van der Waals surface area contributed by atoms with Crippen molar-refractivity contribution in [1.82, 2.24) is 9.58 Å². The predicted octanol–water partition coefficient (Wildman–Crippen LogP) is 5.40. The van der Waals surface area contributed by atoms with E-state index in [9.17, 15) is 27.9 Å². The van der Waals surface area contributed by atoms with E-state index in [0.717, 1.165) is 45.3 Å². The molecule has 6 nitrogen and oxygen atoms in total. The van der Waals surface area contributed by atoms with E-state index in [-0.39, 0.29) is 0 Å². The number of thioether (sulfide) groups is 1. The molecule has 3 aromatic carbocycles. The van der Waals surface area contributed by atoms with E-state index in [1.807, 2.05) is 60.7 Å². The highest BCUT2D eigenvalue weighted by atomic mass is 32.2. The number of hydrogen-bond acceptors (Lipinski definition) is 5. The molecule has 3 heterocycles. The van der Waals surface area contributed by atoms with Crippen LogP contribution in [0.3, 0.4) is 0 Å². The summed E-state index contributed by atoms with van der Waals surface area (Å²) in [6.45, 7) is 0.491. The Morgan fingerprint density at radius 2 is 1.74 bits per heavy atom. The minimum Gasteiger partial charge on any atom is -0.502 e. The van der Waals surface area contributed by atoms with Gasteiger partial charge in [-0.05, 0) is 40.5 Å². The van der Waals surface area contributed by atoms with Crippen LogP contribution in [0, 0.1) is 0 Å². The summed E-state index contributed by atoms with van der Waals surface area (Å²) in [5.41, 5.74) is 1.43. The summed E-state index contributed by atoms with van der Waals surface area (Å²) in [4.78, 5) is 27.3. The van der Waals surface area contributed by atoms with Gasteiger partial charge >= 0.3 is 6.18 Å². The molecule has 10 heteroatoms. The number of aromatic nitrogens is 1. The number of hydrogen-bond donors (Lipinski definition) is 1. The Bertz CT molecular complexity index is 1650. The molecule has 38 heavy (non-hydrogen) atoms. The van der Waals surface area contributed by atoms with Crippen LogP contribution in [0.25, 0.3) is 10.8 Å². The van der Waals surface area contributed by atoms with E-state index < -0.39 is 47.7 Å². The molecule has 0 radical (unpaired) electrons. The van der Waals surface area contributed by atoms with E-state index in [1.54, 1.807) is 16.8 Å². The third kappa shape index (κ3) is 3.74. The van der Waals surface area contributed by atoms with Gasteiger partial charge in [-0.3, -0.25) is 19.3 Å². The highest BCUT2D eigenvalue weighted by Gasteiger charge is 2.47. The predicted molar refractivity (Wildman–Crippen MR) is 139 cm³/mol. The van der Waals surface area contributed by atoms with Gasteiger partial charge in [0, 0.05) is 22.9 Å². The van der Waals surface area contributed by atoms with Crippen LogP contribution < -0.4 is 10.4 Å². The zero-order chi connectivity index (χ0) is 26.8. The maximum Gasteiger partial charge on any atom is 0.408 e. The molecule has 2 atom stereocenters. The lowest BCUT2D eigenvalue weighted by molar-refractivity contribution is -0.173. The largest absolute Gasteiger partial charge is 0.502 e. The highest BCUT2D eigenvalue weighted by molar-refractivity contribution is 7.98. The molecule has 0 spiro atoms. The van der Waals surface area contributed by atoms with Crippen LogP contribution >= 0.6 is 11.8 Å². The lowest BCUT2D eigenvalue weighted by Crippen LogP contribution is -2.60. The standard InChI is InChI=1S/C28H22F3N3O3S/c1-16(28(29,30)31)32-15-34(33-13-12-21(35)26(36)25(33)27(32)37)24-20-8-4-5-9-22(20)38-14-18-11-10-17-6-2-3-7-19(17)23(18)24/h2-13,16,24,36H,14-15H2,1H3/t16-,24-/m1/s1. The number of rotatable bonds is 2. The second-order valence-corrected chi connectivity index (χ2v) is 10.4. The average Bonchev–Trinajstić information content (AvgIpc) is 3.07. The first kappa shape index (κ1) is 24.4. The van der Waals surface area contributed by atoms with Crippen LogP contribution in [0.1, 0.15) is 40.1 Å². The average molecular weight is 538 g/mol. The first-order chi connectivity index (χ1) is 18.2. The van der Waals surface area contributed by atoms with E-state index in [1.165, 1.54) is 10.9 Å². The summed E-state index contributed by atoms with van der Waals surface area (Å²) in [6.07, 6.45) is -3.37. The molecule has 4 aromatic rings. The second-order valence-electron chi connectivity index (χ2n) is 9.38. The first-order valence-electron chi connectivity index (χ1n) is 12.0. The summed E-state index contributed by atoms with van der Waals surface area (Å²) in [6, 6.07) is 17.9. The van der Waals surface area contributed by atoms with Crippen LogP contribution in [0.5, 0.6) is 5.75 Å². The Morgan fingerprint density at radius 1 is 1.00 bits per heavy atom. The molecule has 0 saturated heterocycles. The third-order valence-corrected chi connectivity index (χ3v) is 8.40. The number of halogens is 3. The molecule has 0 saturated carbocycles. The Morgan fingerprint density at radius 3 is 2.53 bits per heavy atom. The fourth-order valence-corrected chi connectivity index (χ4v) is 6.37. The number of carbonyl (C=O) groups excluding carboxylic acids is 1. The van der Waals surface area contributed by atoms with Crippen molar-refractivity contribution < 1.29 is 23.1 Å². The number of pyridine rings is 1. The normalized spacial score (nSPS) is 18.0. The molecule has 0 unspecified atom stereocenters. The number of fused-ring (bicyclic) bond motifs is 5. The minimum atomic E-state index is -4.71. The number of nitrogens with zero attached hydrogens (tertiary/aromatic N) is 3. The molecule has 6 rings (SSSR count). The van der Waals surface area contributed by atoms with E-state index in [2.05, 4.69) is 0 Å².